The SMILES string of the molecule is CCCN1c2ccc(C=Nc3ccc(C)c(C)c3)cc2C(C)=CC1(C)C. The van der Waals surface area contributed by atoms with Crippen molar-refractivity contribution in [2.45, 2.75) is 53.5 Å². The van der Waals surface area contributed by atoms with Crippen molar-refractivity contribution >= 4 is 23.2 Å². The minimum absolute atomic E-state index is 0.0577. The molecule has 3 rings (SSSR count). The molecule has 2 aromatic rings. The molecular weight excluding hydrogens is 316 g/mol. The van der Waals surface area contributed by atoms with Crippen molar-refractivity contribution in [1.29, 1.82) is 0 Å². The quantitative estimate of drug-likeness (QED) is 0.580. The number of hydrogen-bond donors (Lipinski definition) is 0. The molecule has 0 saturated heterocycles. The molecule has 0 spiro atoms. The molecular formula is C24H30N2. The topological polar surface area (TPSA) is 15.6 Å². The predicted octanol–water partition coefficient (Wildman–Crippen LogP) is 6.47. The predicted molar refractivity (Wildman–Crippen MR) is 115 cm³/mol. The van der Waals surface area contributed by atoms with Gasteiger partial charge in [-0.1, -0.05) is 25.1 Å². The maximum atomic E-state index is 4.68. The number of rotatable bonds is 4. The fraction of sp³-hybridized carbons (Fsp3) is 0.375. The van der Waals surface area contributed by atoms with Crippen LogP contribution < -0.4 is 4.90 Å². The summed E-state index contributed by atoms with van der Waals surface area (Å²) >= 11 is 0. The van der Waals surface area contributed by atoms with Gasteiger partial charge in [0.1, 0.15) is 0 Å². The van der Waals surface area contributed by atoms with E-state index in [0.29, 0.717) is 0 Å². The van der Waals surface area contributed by atoms with Crippen LogP contribution >= 0.6 is 0 Å². The Kier molecular flexibility index (Phi) is 5.04. The lowest BCUT2D eigenvalue weighted by molar-refractivity contribution is 0.550. The molecule has 0 radical (unpaired) electrons. The Bertz CT molecular complexity index is 872. The molecule has 2 heteroatoms. The van der Waals surface area contributed by atoms with Gasteiger partial charge in [-0.25, -0.2) is 0 Å². The fourth-order valence-electron chi connectivity index (χ4n) is 3.77. The van der Waals surface area contributed by atoms with Gasteiger partial charge in [-0.3, -0.25) is 4.99 Å². The Morgan fingerprint density at radius 1 is 1.00 bits per heavy atom. The lowest BCUT2D eigenvalue weighted by Gasteiger charge is -2.43. The Hall–Kier alpha value is -2.35. The summed E-state index contributed by atoms with van der Waals surface area (Å²) in [4.78, 5) is 7.19. The van der Waals surface area contributed by atoms with Crippen LogP contribution in [0.15, 0.2) is 47.5 Å². The maximum absolute atomic E-state index is 4.68. The van der Waals surface area contributed by atoms with Crippen LogP contribution in [0.3, 0.4) is 0 Å². The number of hydrogen-bond acceptors (Lipinski definition) is 2. The highest BCUT2D eigenvalue weighted by molar-refractivity contribution is 5.88. The number of fused-ring (bicyclic) bond motifs is 1. The Balaban J connectivity index is 1.94. The molecule has 136 valence electrons. The van der Waals surface area contributed by atoms with E-state index in [9.17, 15) is 0 Å². The molecule has 1 aliphatic rings. The number of aryl methyl sites for hydroxylation is 2. The third-order valence-electron chi connectivity index (χ3n) is 5.30. The molecule has 1 heterocycles. The molecule has 2 aromatic carbocycles. The summed E-state index contributed by atoms with van der Waals surface area (Å²) in [5, 5.41) is 0. The van der Waals surface area contributed by atoms with Crippen LogP contribution in [-0.4, -0.2) is 18.3 Å². The lowest BCUT2D eigenvalue weighted by atomic mass is 9.88. The normalized spacial score (nSPS) is 15.9. The second kappa shape index (κ2) is 7.11. The molecule has 0 atom stereocenters. The van der Waals surface area contributed by atoms with Crippen molar-refractivity contribution in [3.05, 3.63) is 64.7 Å². The van der Waals surface area contributed by atoms with Gasteiger partial charge < -0.3 is 4.90 Å². The first-order valence-electron chi connectivity index (χ1n) is 9.54. The van der Waals surface area contributed by atoms with E-state index in [1.807, 2.05) is 6.21 Å². The van der Waals surface area contributed by atoms with Gasteiger partial charge >= 0.3 is 0 Å². The van der Waals surface area contributed by atoms with Gasteiger partial charge in [0.15, 0.2) is 0 Å². The minimum Gasteiger partial charge on any atom is -0.362 e. The van der Waals surface area contributed by atoms with Gasteiger partial charge in [-0.15, -0.1) is 0 Å². The van der Waals surface area contributed by atoms with Gasteiger partial charge in [0, 0.05) is 24.0 Å². The molecule has 1 aliphatic heterocycles. The molecule has 0 aromatic heterocycles. The van der Waals surface area contributed by atoms with Crippen molar-refractivity contribution < 1.29 is 0 Å². The van der Waals surface area contributed by atoms with Gasteiger partial charge in [0.25, 0.3) is 0 Å². The van der Waals surface area contributed by atoms with Crippen molar-refractivity contribution in [3.8, 4) is 0 Å². The van der Waals surface area contributed by atoms with Crippen LogP contribution in [0.4, 0.5) is 11.4 Å². The van der Waals surface area contributed by atoms with E-state index in [0.717, 1.165) is 24.2 Å². The third-order valence-corrected chi connectivity index (χ3v) is 5.30. The van der Waals surface area contributed by atoms with Gasteiger partial charge in [0.05, 0.1) is 11.2 Å². The molecule has 0 aliphatic carbocycles. The van der Waals surface area contributed by atoms with Crippen molar-refractivity contribution in [2.24, 2.45) is 4.99 Å². The molecule has 0 bridgehead atoms. The number of anilines is 1. The third kappa shape index (κ3) is 3.60. The summed E-state index contributed by atoms with van der Waals surface area (Å²) in [7, 11) is 0. The number of benzene rings is 2. The molecule has 26 heavy (non-hydrogen) atoms. The van der Waals surface area contributed by atoms with Gasteiger partial charge in [-0.2, -0.15) is 0 Å². The van der Waals surface area contributed by atoms with E-state index < -0.39 is 0 Å². The van der Waals surface area contributed by atoms with Crippen LogP contribution in [0.5, 0.6) is 0 Å². The second-order valence-corrected chi connectivity index (χ2v) is 7.94. The average molecular weight is 347 g/mol. The molecule has 0 unspecified atom stereocenters. The first kappa shape index (κ1) is 18.4. The van der Waals surface area contributed by atoms with Gasteiger partial charge in [-0.05, 0) is 87.6 Å². The Morgan fingerprint density at radius 3 is 2.46 bits per heavy atom. The lowest BCUT2D eigenvalue weighted by Crippen LogP contribution is -2.45. The van der Waals surface area contributed by atoms with Crippen LogP contribution in [0, 0.1) is 13.8 Å². The fourth-order valence-corrected chi connectivity index (χ4v) is 3.77. The van der Waals surface area contributed by atoms with E-state index in [-0.39, 0.29) is 5.54 Å². The van der Waals surface area contributed by atoms with Crippen molar-refractivity contribution in [3.63, 3.8) is 0 Å². The molecule has 2 nitrogen and oxygen atoms in total. The zero-order chi connectivity index (χ0) is 18.9. The largest absolute Gasteiger partial charge is 0.362 e. The number of nitrogens with zero attached hydrogens (tertiary/aromatic N) is 2. The van der Waals surface area contributed by atoms with Crippen LogP contribution in [0.2, 0.25) is 0 Å². The zero-order valence-electron chi connectivity index (χ0n) is 16.9. The van der Waals surface area contributed by atoms with Crippen molar-refractivity contribution in [1.82, 2.24) is 0 Å². The number of allylic oxidation sites excluding steroid dienone is 1. The molecule has 0 N–H and O–H groups in total. The average Bonchev–Trinajstić information content (AvgIpc) is 2.59. The summed E-state index contributed by atoms with van der Waals surface area (Å²) < 4.78 is 0. The second-order valence-electron chi connectivity index (χ2n) is 7.94. The summed E-state index contributed by atoms with van der Waals surface area (Å²) in [6.45, 7) is 14.4. The maximum Gasteiger partial charge on any atom is 0.0632 e. The molecule has 0 fully saturated rings. The first-order valence-corrected chi connectivity index (χ1v) is 9.54. The standard InChI is InChI=1S/C24H30N2/c1-7-12-26-23-11-9-20(14-22(23)19(4)15-24(26,5)6)16-25-21-10-8-17(2)18(3)13-21/h8-11,13-16H,7,12H2,1-6H3. The van der Waals surface area contributed by atoms with E-state index in [1.54, 1.807) is 0 Å². The van der Waals surface area contributed by atoms with Crippen LogP contribution in [0.25, 0.3) is 5.57 Å². The van der Waals surface area contributed by atoms with E-state index >= 15 is 0 Å². The Morgan fingerprint density at radius 2 is 1.77 bits per heavy atom. The first-order chi connectivity index (χ1) is 12.3. The summed E-state index contributed by atoms with van der Waals surface area (Å²) in [6, 6.07) is 13.1. The highest BCUT2D eigenvalue weighted by atomic mass is 15.2. The smallest absolute Gasteiger partial charge is 0.0632 e. The van der Waals surface area contributed by atoms with Crippen molar-refractivity contribution in [2.75, 3.05) is 11.4 Å². The van der Waals surface area contributed by atoms with E-state index in [2.05, 4.69) is 93.9 Å². The zero-order valence-corrected chi connectivity index (χ0v) is 16.9. The van der Waals surface area contributed by atoms with Crippen LogP contribution in [-0.2, 0) is 0 Å². The summed E-state index contributed by atoms with van der Waals surface area (Å²) in [5.41, 5.74) is 8.79. The monoisotopic (exact) mass is 346 g/mol. The minimum atomic E-state index is 0.0577. The number of aliphatic imine (C=N–C) groups is 1. The highest BCUT2D eigenvalue weighted by Crippen LogP contribution is 2.39. The summed E-state index contributed by atoms with van der Waals surface area (Å²) in [5.74, 6) is 0. The molecule has 0 saturated carbocycles. The van der Waals surface area contributed by atoms with Gasteiger partial charge in [0.2, 0.25) is 0 Å². The summed E-state index contributed by atoms with van der Waals surface area (Å²) in [6.07, 6.45) is 5.50. The highest BCUT2D eigenvalue weighted by Gasteiger charge is 2.30. The molecule has 0 amide bonds. The van der Waals surface area contributed by atoms with Crippen LogP contribution in [0.1, 0.15) is 56.4 Å². The van der Waals surface area contributed by atoms with E-state index in [4.69, 9.17) is 0 Å². The Labute approximate surface area is 158 Å². The van der Waals surface area contributed by atoms with E-state index in [1.165, 1.54) is 28.0 Å².